The molecule has 1 aliphatic rings. The van der Waals surface area contributed by atoms with E-state index in [9.17, 15) is 4.79 Å². The molecule has 0 bridgehead atoms. The SMILES string of the molecule is CC1CCC(NC(=O)CCSCc2cnn(-c3ccccc3)c2-n2cccc2)CC1. The van der Waals surface area contributed by atoms with Crippen LogP contribution < -0.4 is 5.32 Å². The number of carbonyl (C=O) groups is 1. The van der Waals surface area contributed by atoms with E-state index >= 15 is 0 Å². The Bertz CT molecular complexity index is 928. The molecule has 5 nitrogen and oxygen atoms in total. The zero-order valence-corrected chi connectivity index (χ0v) is 18.4. The highest BCUT2D eigenvalue weighted by molar-refractivity contribution is 7.98. The molecule has 0 spiro atoms. The lowest BCUT2D eigenvalue weighted by molar-refractivity contribution is -0.121. The van der Waals surface area contributed by atoms with Crippen LogP contribution in [-0.2, 0) is 10.5 Å². The quantitative estimate of drug-likeness (QED) is 0.521. The molecular weight excluding hydrogens is 392 g/mol. The number of aromatic nitrogens is 3. The van der Waals surface area contributed by atoms with Crippen molar-refractivity contribution in [3.05, 3.63) is 66.6 Å². The highest BCUT2D eigenvalue weighted by Crippen LogP contribution is 2.25. The van der Waals surface area contributed by atoms with Crippen molar-refractivity contribution in [2.75, 3.05) is 5.75 Å². The van der Waals surface area contributed by atoms with Crippen molar-refractivity contribution in [2.45, 2.75) is 50.8 Å². The van der Waals surface area contributed by atoms with Crippen LogP contribution in [-0.4, -0.2) is 32.0 Å². The molecule has 2 heterocycles. The van der Waals surface area contributed by atoms with Crippen molar-refractivity contribution in [2.24, 2.45) is 5.92 Å². The predicted molar refractivity (Wildman–Crippen MR) is 123 cm³/mol. The number of amides is 1. The maximum atomic E-state index is 12.3. The van der Waals surface area contributed by atoms with Crippen LogP contribution in [0.1, 0.15) is 44.6 Å². The molecule has 3 aromatic rings. The lowest BCUT2D eigenvalue weighted by Gasteiger charge is -2.26. The first kappa shape index (κ1) is 20.8. The number of benzene rings is 1. The summed E-state index contributed by atoms with van der Waals surface area (Å²) in [5, 5.41) is 7.87. The molecule has 0 saturated heterocycles. The second-order valence-electron chi connectivity index (χ2n) is 8.16. The van der Waals surface area contributed by atoms with Gasteiger partial charge in [-0.05, 0) is 55.9 Å². The Morgan fingerprint density at radius 2 is 1.83 bits per heavy atom. The van der Waals surface area contributed by atoms with Crippen molar-refractivity contribution in [1.82, 2.24) is 19.7 Å². The van der Waals surface area contributed by atoms with Gasteiger partial charge < -0.3 is 9.88 Å². The van der Waals surface area contributed by atoms with Gasteiger partial charge in [0.15, 0.2) is 0 Å². The lowest BCUT2D eigenvalue weighted by Crippen LogP contribution is -2.37. The fourth-order valence-electron chi connectivity index (χ4n) is 4.04. The Morgan fingerprint density at radius 1 is 1.10 bits per heavy atom. The van der Waals surface area contributed by atoms with Crippen molar-refractivity contribution in [3.8, 4) is 11.5 Å². The van der Waals surface area contributed by atoms with Gasteiger partial charge in [-0.1, -0.05) is 25.1 Å². The lowest BCUT2D eigenvalue weighted by atomic mass is 9.87. The normalized spacial score (nSPS) is 19.0. The molecule has 6 heteroatoms. The molecule has 0 radical (unpaired) electrons. The van der Waals surface area contributed by atoms with Gasteiger partial charge in [0.2, 0.25) is 5.91 Å². The maximum absolute atomic E-state index is 12.3. The third-order valence-electron chi connectivity index (χ3n) is 5.78. The van der Waals surface area contributed by atoms with Crippen molar-refractivity contribution in [1.29, 1.82) is 0 Å². The van der Waals surface area contributed by atoms with E-state index in [4.69, 9.17) is 0 Å². The smallest absolute Gasteiger partial charge is 0.221 e. The number of rotatable bonds is 8. The molecule has 1 aromatic carbocycles. The topological polar surface area (TPSA) is 51.9 Å². The summed E-state index contributed by atoms with van der Waals surface area (Å²) >= 11 is 1.79. The van der Waals surface area contributed by atoms with Crippen LogP contribution >= 0.6 is 11.8 Å². The number of nitrogens with one attached hydrogen (secondary N) is 1. The van der Waals surface area contributed by atoms with E-state index in [1.54, 1.807) is 11.8 Å². The molecule has 30 heavy (non-hydrogen) atoms. The van der Waals surface area contributed by atoms with Gasteiger partial charge in [0.05, 0.1) is 11.9 Å². The number of thioether (sulfide) groups is 1. The minimum absolute atomic E-state index is 0.188. The third kappa shape index (κ3) is 5.17. The van der Waals surface area contributed by atoms with Gasteiger partial charge in [-0.2, -0.15) is 16.9 Å². The average molecular weight is 423 g/mol. The van der Waals surface area contributed by atoms with E-state index in [1.165, 1.54) is 18.4 Å². The van der Waals surface area contributed by atoms with Crippen LogP contribution in [0.3, 0.4) is 0 Å². The first-order valence-electron chi connectivity index (χ1n) is 10.8. The molecule has 2 aromatic heterocycles. The predicted octanol–water partition coefficient (Wildman–Crippen LogP) is 4.98. The minimum atomic E-state index is 0.188. The van der Waals surface area contributed by atoms with Crippen molar-refractivity contribution >= 4 is 17.7 Å². The van der Waals surface area contributed by atoms with Gasteiger partial charge in [0.1, 0.15) is 5.82 Å². The summed E-state index contributed by atoms with van der Waals surface area (Å²) in [7, 11) is 0. The molecule has 0 atom stereocenters. The zero-order chi connectivity index (χ0) is 20.8. The Hall–Kier alpha value is -2.47. The second kappa shape index (κ2) is 10.0. The van der Waals surface area contributed by atoms with E-state index in [0.29, 0.717) is 12.5 Å². The minimum Gasteiger partial charge on any atom is -0.353 e. The van der Waals surface area contributed by atoms with Crippen LogP contribution in [0, 0.1) is 5.92 Å². The number of hydrogen-bond acceptors (Lipinski definition) is 3. The molecule has 0 unspecified atom stereocenters. The highest BCUT2D eigenvalue weighted by atomic mass is 32.2. The molecule has 1 N–H and O–H groups in total. The Labute approximate surface area is 182 Å². The van der Waals surface area contributed by atoms with Gasteiger partial charge in [-0.3, -0.25) is 4.79 Å². The fraction of sp³-hybridized carbons (Fsp3) is 0.417. The van der Waals surface area contributed by atoms with Crippen LogP contribution in [0.2, 0.25) is 0 Å². The van der Waals surface area contributed by atoms with Gasteiger partial charge >= 0.3 is 0 Å². The van der Waals surface area contributed by atoms with E-state index in [2.05, 4.69) is 34.0 Å². The van der Waals surface area contributed by atoms with E-state index in [1.807, 2.05) is 53.6 Å². The number of nitrogens with zero attached hydrogens (tertiary/aromatic N) is 3. The summed E-state index contributed by atoms with van der Waals surface area (Å²) in [4.78, 5) is 12.3. The average Bonchev–Trinajstić information content (AvgIpc) is 3.43. The largest absolute Gasteiger partial charge is 0.353 e. The summed E-state index contributed by atoms with van der Waals surface area (Å²) in [5.41, 5.74) is 2.21. The summed E-state index contributed by atoms with van der Waals surface area (Å²) in [5.74, 6) is 3.69. The van der Waals surface area contributed by atoms with Crippen molar-refractivity contribution < 1.29 is 4.79 Å². The Balaban J connectivity index is 1.34. The van der Waals surface area contributed by atoms with Crippen LogP contribution in [0.25, 0.3) is 11.5 Å². The van der Waals surface area contributed by atoms with E-state index < -0.39 is 0 Å². The van der Waals surface area contributed by atoms with Crippen molar-refractivity contribution in [3.63, 3.8) is 0 Å². The van der Waals surface area contributed by atoms with E-state index in [-0.39, 0.29) is 5.91 Å². The molecule has 1 amide bonds. The van der Waals surface area contributed by atoms with E-state index in [0.717, 1.165) is 41.8 Å². The maximum Gasteiger partial charge on any atom is 0.221 e. The molecule has 1 fully saturated rings. The molecular formula is C24H30N4OS. The summed E-state index contributed by atoms with van der Waals surface area (Å²) in [6.45, 7) is 2.30. The fourth-order valence-corrected chi connectivity index (χ4v) is 4.94. The van der Waals surface area contributed by atoms with Crippen LogP contribution in [0.15, 0.2) is 61.1 Å². The molecule has 1 aliphatic carbocycles. The highest BCUT2D eigenvalue weighted by Gasteiger charge is 2.19. The van der Waals surface area contributed by atoms with Gasteiger partial charge in [0, 0.05) is 41.9 Å². The molecule has 1 saturated carbocycles. The molecule has 158 valence electrons. The second-order valence-corrected chi connectivity index (χ2v) is 9.26. The Morgan fingerprint density at radius 3 is 2.57 bits per heavy atom. The van der Waals surface area contributed by atoms with Gasteiger partial charge in [0.25, 0.3) is 0 Å². The number of para-hydroxylation sites is 1. The Kier molecular flexibility index (Phi) is 6.95. The zero-order valence-electron chi connectivity index (χ0n) is 17.5. The molecule has 0 aliphatic heterocycles. The number of carbonyl (C=O) groups excluding carboxylic acids is 1. The first-order chi connectivity index (χ1) is 14.7. The van der Waals surface area contributed by atoms with Crippen LogP contribution in [0.5, 0.6) is 0 Å². The summed E-state index contributed by atoms with van der Waals surface area (Å²) < 4.78 is 4.08. The van der Waals surface area contributed by atoms with Gasteiger partial charge in [-0.15, -0.1) is 0 Å². The van der Waals surface area contributed by atoms with Gasteiger partial charge in [-0.25, -0.2) is 4.68 Å². The first-order valence-corrected chi connectivity index (χ1v) is 12.0. The summed E-state index contributed by atoms with van der Waals surface area (Å²) in [6, 6.07) is 14.6. The molecule has 4 rings (SSSR count). The number of hydrogen-bond donors (Lipinski definition) is 1. The standard InChI is InChI=1S/C24H30N4OS/c1-19-9-11-21(12-10-19)26-23(29)13-16-30-18-20-17-25-28(22-7-3-2-4-8-22)24(20)27-14-5-6-15-27/h2-8,14-15,17,19,21H,9-13,16,18H2,1H3,(H,26,29). The summed E-state index contributed by atoms with van der Waals surface area (Å²) in [6.07, 6.45) is 11.3. The monoisotopic (exact) mass is 422 g/mol. The van der Waals surface area contributed by atoms with Crippen LogP contribution in [0.4, 0.5) is 0 Å². The third-order valence-corrected chi connectivity index (χ3v) is 6.79.